The van der Waals surface area contributed by atoms with Gasteiger partial charge in [0.1, 0.15) is 0 Å². The van der Waals surface area contributed by atoms with E-state index in [1.165, 1.54) is 0 Å². The van der Waals surface area contributed by atoms with Crippen molar-refractivity contribution in [1.82, 2.24) is 15.0 Å². The summed E-state index contributed by atoms with van der Waals surface area (Å²) >= 11 is 5.90. The quantitative estimate of drug-likeness (QED) is 0.657. The van der Waals surface area contributed by atoms with E-state index >= 15 is 0 Å². The highest BCUT2D eigenvalue weighted by atomic mass is 35.5. The second-order valence-corrected chi connectivity index (χ2v) is 6.37. The van der Waals surface area contributed by atoms with Crippen molar-refractivity contribution in [3.8, 4) is 11.4 Å². The average Bonchev–Trinajstić information content (AvgIpc) is 3.09. The predicted octanol–water partition coefficient (Wildman–Crippen LogP) is 3.27. The third kappa shape index (κ3) is 5.15. The first kappa shape index (κ1) is 18.1. The number of hydrogen-bond acceptors (Lipinski definition) is 5. The fourth-order valence-corrected chi connectivity index (χ4v) is 2.68. The van der Waals surface area contributed by atoms with Crippen LogP contribution in [-0.4, -0.2) is 27.5 Å². The first-order valence-electron chi connectivity index (χ1n) is 8.23. The Hall–Kier alpha value is -2.70. The van der Waals surface area contributed by atoms with Crippen LogP contribution in [0.25, 0.3) is 11.4 Å². The molecule has 0 saturated heterocycles. The van der Waals surface area contributed by atoms with Crippen molar-refractivity contribution in [2.24, 2.45) is 5.73 Å². The van der Waals surface area contributed by atoms with Gasteiger partial charge in [-0.3, -0.25) is 9.69 Å². The van der Waals surface area contributed by atoms with E-state index in [4.69, 9.17) is 21.9 Å². The first-order chi connectivity index (χ1) is 12.6. The zero-order valence-electron chi connectivity index (χ0n) is 14.1. The number of aromatic nitrogens is 2. The highest BCUT2D eigenvalue weighted by Crippen LogP contribution is 2.19. The Morgan fingerprint density at radius 1 is 1.08 bits per heavy atom. The second kappa shape index (κ2) is 8.60. The summed E-state index contributed by atoms with van der Waals surface area (Å²) in [4.78, 5) is 17.7. The van der Waals surface area contributed by atoms with Gasteiger partial charge in [0.25, 0.3) is 0 Å². The Labute approximate surface area is 156 Å². The van der Waals surface area contributed by atoms with Crippen LogP contribution < -0.4 is 5.73 Å². The summed E-state index contributed by atoms with van der Waals surface area (Å²) in [6.45, 7) is 1.61. The number of carbonyl (C=O) groups excluding carboxylic acids is 1. The van der Waals surface area contributed by atoms with E-state index in [2.05, 4.69) is 15.0 Å². The van der Waals surface area contributed by atoms with Gasteiger partial charge < -0.3 is 10.3 Å². The molecule has 0 radical (unpaired) electrons. The Balaban J connectivity index is 1.71. The zero-order chi connectivity index (χ0) is 18.4. The number of nitrogens with two attached hydrogens (primary N) is 1. The smallest absolute Gasteiger partial charge is 0.241 e. The summed E-state index contributed by atoms with van der Waals surface area (Å²) in [6.07, 6.45) is 0.269. The van der Waals surface area contributed by atoms with E-state index < -0.39 is 0 Å². The average molecular weight is 371 g/mol. The number of halogens is 1. The van der Waals surface area contributed by atoms with Crippen molar-refractivity contribution >= 4 is 17.5 Å². The molecule has 0 atom stereocenters. The van der Waals surface area contributed by atoms with Gasteiger partial charge in [0.15, 0.2) is 0 Å². The molecule has 1 aromatic heterocycles. The van der Waals surface area contributed by atoms with Crippen molar-refractivity contribution < 1.29 is 9.32 Å². The van der Waals surface area contributed by atoms with Gasteiger partial charge in [-0.25, -0.2) is 0 Å². The molecule has 0 saturated carbocycles. The predicted molar refractivity (Wildman–Crippen MR) is 99.1 cm³/mol. The third-order valence-corrected chi connectivity index (χ3v) is 4.10. The Morgan fingerprint density at radius 2 is 1.81 bits per heavy atom. The molecule has 2 N–H and O–H groups in total. The summed E-state index contributed by atoms with van der Waals surface area (Å²) in [5, 5.41) is 4.67. The van der Waals surface area contributed by atoms with E-state index in [0.29, 0.717) is 36.4 Å². The molecule has 134 valence electrons. The lowest BCUT2D eigenvalue weighted by atomic mass is 10.2. The van der Waals surface area contributed by atoms with E-state index in [0.717, 1.165) is 11.1 Å². The van der Waals surface area contributed by atoms with Crippen LogP contribution in [0.1, 0.15) is 17.9 Å². The van der Waals surface area contributed by atoms with Crippen LogP contribution in [0, 0.1) is 0 Å². The molecule has 6 nitrogen and oxygen atoms in total. The van der Waals surface area contributed by atoms with Gasteiger partial charge in [0.2, 0.25) is 17.6 Å². The highest BCUT2D eigenvalue weighted by Gasteiger charge is 2.14. The van der Waals surface area contributed by atoms with Gasteiger partial charge in [-0.05, 0) is 29.8 Å². The monoisotopic (exact) mass is 370 g/mol. The van der Waals surface area contributed by atoms with E-state index in [1.807, 2.05) is 42.5 Å². The van der Waals surface area contributed by atoms with Gasteiger partial charge in [-0.15, -0.1) is 0 Å². The Kier molecular flexibility index (Phi) is 5.99. The van der Waals surface area contributed by atoms with Crippen molar-refractivity contribution in [3.05, 3.63) is 71.1 Å². The van der Waals surface area contributed by atoms with Crippen LogP contribution >= 0.6 is 11.6 Å². The lowest BCUT2D eigenvalue weighted by molar-refractivity contribution is -0.118. The van der Waals surface area contributed by atoms with Gasteiger partial charge in [-0.1, -0.05) is 47.1 Å². The molecule has 26 heavy (non-hydrogen) atoms. The number of amides is 1. The molecule has 0 spiro atoms. The molecule has 0 aliphatic carbocycles. The number of primary amides is 1. The zero-order valence-corrected chi connectivity index (χ0v) is 14.9. The van der Waals surface area contributed by atoms with E-state index in [-0.39, 0.29) is 12.3 Å². The molecule has 1 amide bonds. The van der Waals surface area contributed by atoms with Gasteiger partial charge in [0, 0.05) is 30.1 Å². The Morgan fingerprint density at radius 3 is 2.50 bits per heavy atom. The molecule has 0 aliphatic rings. The molecular weight excluding hydrogens is 352 g/mol. The lowest BCUT2D eigenvalue weighted by Crippen LogP contribution is -2.27. The van der Waals surface area contributed by atoms with Crippen molar-refractivity contribution in [1.29, 1.82) is 0 Å². The summed E-state index contributed by atoms with van der Waals surface area (Å²) in [7, 11) is 0. The number of benzene rings is 2. The molecule has 0 bridgehead atoms. The lowest BCUT2D eigenvalue weighted by Gasteiger charge is -2.19. The summed E-state index contributed by atoms with van der Waals surface area (Å²) < 4.78 is 5.37. The maximum atomic E-state index is 11.2. The van der Waals surface area contributed by atoms with Gasteiger partial charge in [-0.2, -0.15) is 4.98 Å². The normalized spacial score (nSPS) is 11.0. The molecule has 3 aromatic rings. The molecule has 1 heterocycles. The minimum Gasteiger partial charge on any atom is -0.370 e. The van der Waals surface area contributed by atoms with Gasteiger partial charge >= 0.3 is 0 Å². The maximum absolute atomic E-state index is 11.2. The molecule has 0 unspecified atom stereocenters. The van der Waals surface area contributed by atoms with E-state index in [1.54, 1.807) is 12.1 Å². The molecule has 7 heteroatoms. The number of carbonyl (C=O) groups is 1. The van der Waals surface area contributed by atoms with E-state index in [9.17, 15) is 4.79 Å². The van der Waals surface area contributed by atoms with Crippen molar-refractivity contribution in [3.63, 3.8) is 0 Å². The largest absolute Gasteiger partial charge is 0.370 e. The third-order valence-electron chi connectivity index (χ3n) is 3.85. The summed E-state index contributed by atoms with van der Waals surface area (Å²) in [5.41, 5.74) is 7.26. The minimum atomic E-state index is -0.338. The summed E-state index contributed by atoms with van der Waals surface area (Å²) in [6, 6.07) is 17.2. The van der Waals surface area contributed by atoms with Crippen LogP contribution in [0.2, 0.25) is 5.02 Å². The van der Waals surface area contributed by atoms with Gasteiger partial charge in [0.05, 0.1) is 6.54 Å². The van der Waals surface area contributed by atoms with Crippen LogP contribution in [0.15, 0.2) is 59.1 Å². The number of hydrogen-bond donors (Lipinski definition) is 1. The van der Waals surface area contributed by atoms with Crippen LogP contribution in [-0.2, 0) is 17.9 Å². The SMILES string of the molecule is NC(=O)CCN(Cc1ccccc1)Cc1nc(-c2ccc(Cl)cc2)no1. The van der Waals surface area contributed by atoms with Crippen molar-refractivity contribution in [2.75, 3.05) is 6.54 Å². The molecular formula is C19H19ClN4O2. The number of nitrogens with zero attached hydrogens (tertiary/aromatic N) is 3. The van der Waals surface area contributed by atoms with Crippen molar-refractivity contribution in [2.45, 2.75) is 19.5 Å². The molecule has 0 fully saturated rings. The molecule has 0 aliphatic heterocycles. The Bertz CT molecular complexity index is 849. The highest BCUT2D eigenvalue weighted by molar-refractivity contribution is 6.30. The topological polar surface area (TPSA) is 85.3 Å². The molecule has 2 aromatic carbocycles. The minimum absolute atomic E-state index is 0.269. The first-order valence-corrected chi connectivity index (χ1v) is 8.61. The molecule has 3 rings (SSSR count). The number of rotatable bonds is 8. The fraction of sp³-hybridized carbons (Fsp3) is 0.211. The maximum Gasteiger partial charge on any atom is 0.241 e. The second-order valence-electron chi connectivity index (χ2n) is 5.93. The fourth-order valence-electron chi connectivity index (χ4n) is 2.55. The van der Waals surface area contributed by atoms with Crippen LogP contribution in [0.3, 0.4) is 0 Å². The standard InChI is InChI=1S/C19H19ClN4O2/c20-16-8-6-15(7-9-16)19-22-18(26-23-19)13-24(11-10-17(21)25)12-14-4-2-1-3-5-14/h1-9H,10-13H2,(H2,21,25). The van der Waals surface area contributed by atoms with Crippen LogP contribution in [0.4, 0.5) is 0 Å². The van der Waals surface area contributed by atoms with Crippen LogP contribution in [0.5, 0.6) is 0 Å². The summed E-state index contributed by atoms with van der Waals surface area (Å²) in [5.74, 6) is 0.650.